The zero-order chi connectivity index (χ0) is 13.9. The van der Waals surface area contributed by atoms with Crippen molar-refractivity contribution in [3.8, 4) is 0 Å². The number of anilines is 1. The fourth-order valence-electron chi connectivity index (χ4n) is 1.91. The van der Waals surface area contributed by atoms with E-state index in [0.29, 0.717) is 24.9 Å². The molecule has 0 amide bonds. The third-order valence-electron chi connectivity index (χ3n) is 3.02. The second-order valence-corrected chi connectivity index (χ2v) is 5.24. The lowest BCUT2D eigenvalue weighted by atomic mass is 10.0. The maximum atomic E-state index is 10.6. The Morgan fingerprint density at radius 1 is 1.68 bits per heavy atom. The van der Waals surface area contributed by atoms with Crippen molar-refractivity contribution in [2.45, 2.75) is 23.7 Å². The number of hydrogen-bond donors (Lipinski definition) is 2. The van der Waals surface area contributed by atoms with Crippen LogP contribution in [0.3, 0.4) is 0 Å². The summed E-state index contributed by atoms with van der Waals surface area (Å²) in [6, 6.07) is 0. The van der Waals surface area contributed by atoms with E-state index in [1.54, 1.807) is 11.7 Å². The third-order valence-corrected chi connectivity index (χ3v) is 3.97. The molecule has 9 heteroatoms. The lowest BCUT2D eigenvalue weighted by molar-refractivity contribution is -0.133. The summed E-state index contributed by atoms with van der Waals surface area (Å²) in [5, 5.41) is 16.8. The zero-order valence-corrected chi connectivity index (χ0v) is 11.4. The van der Waals surface area contributed by atoms with Gasteiger partial charge in [0.1, 0.15) is 5.60 Å². The molecule has 0 spiro atoms. The normalized spacial score (nSPS) is 22.8. The molecule has 1 aromatic rings. The number of nitrogen functional groups attached to an aromatic ring is 1. The molecule has 0 bridgehead atoms. The number of methoxy groups -OCH3 is 1. The molecule has 1 aliphatic rings. The maximum Gasteiger partial charge on any atom is 0.313 e. The fourth-order valence-corrected chi connectivity index (χ4v) is 2.57. The Kier molecular flexibility index (Phi) is 4.27. The number of ether oxygens (including phenoxy) is 2. The van der Waals surface area contributed by atoms with Crippen molar-refractivity contribution < 1.29 is 19.4 Å². The molecule has 3 N–H and O–H groups in total. The van der Waals surface area contributed by atoms with Crippen LogP contribution in [0.25, 0.3) is 0 Å². The molecule has 8 nitrogen and oxygen atoms in total. The van der Waals surface area contributed by atoms with E-state index in [2.05, 4.69) is 10.2 Å². The molecule has 0 radical (unpaired) electrons. The Morgan fingerprint density at radius 2 is 2.47 bits per heavy atom. The monoisotopic (exact) mass is 288 g/mol. The number of carboxylic acid groups (broad SMARTS) is 1. The smallest absolute Gasteiger partial charge is 0.313 e. The molecule has 1 fully saturated rings. The first-order chi connectivity index (χ1) is 9.06. The maximum absolute atomic E-state index is 10.6. The van der Waals surface area contributed by atoms with Gasteiger partial charge in [-0.3, -0.25) is 9.36 Å². The van der Waals surface area contributed by atoms with Gasteiger partial charge in [0.2, 0.25) is 5.95 Å². The lowest BCUT2D eigenvalue weighted by Crippen LogP contribution is -2.37. The van der Waals surface area contributed by atoms with Crippen LogP contribution < -0.4 is 5.73 Å². The minimum Gasteiger partial charge on any atom is -0.481 e. The predicted molar refractivity (Wildman–Crippen MR) is 68.0 cm³/mol. The quantitative estimate of drug-likeness (QED) is 0.694. The van der Waals surface area contributed by atoms with Crippen molar-refractivity contribution in [3.05, 3.63) is 0 Å². The number of carboxylic acids is 1. The molecule has 1 unspecified atom stereocenters. The van der Waals surface area contributed by atoms with Crippen molar-refractivity contribution in [1.29, 1.82) is 0 Å². The van der Waals surface area contributed by atoms with Gasteiger partial charge in [-0.15, -0.1) is 10.2 Å². The van der Waals surface area contributed by atoms with E-state index in [1.165, 1.54) is 0 Å². The van der Waals surface area contributed by atoms with Crippen LogP contribution >= 0.6 is 11.8 Å². The molecule has 1 aliphatic heterocycles. The number of hydrogen-bond acceptors (Lipinski definition) is 7. The highest BCUT2D eigenvalue weighted by molar-refractivity contribution is 7.99. The summed E-state index contributed by atoms with van der Waals surface area (Å²) < 4.78 is 12.6. The molecule has 0 aromatic carbocycles. The van der Waals surface area contributed by atoms with Crippen LogP contribution in [-0.4, -0.2) is 57.5 Å². The van der Waals surface area contributed by atoms with Gasteiger partial charge in [0.15, 0.2) is 5.16 Å². The van der Waals surface area contributed by atoms with Crippen LogP contribution in [0, 0.1) is 0 Å². The first-order valence-electron chi connectivity index (χ1n) is 5.72. The number of carbonyl (C=O) groups is 1. The number of aliphatic carboxylic acids is 1. The van der Waals surface area contributed by atoms with E-state index in [9.17, 15) is 4.79 Å². The van der Waals surface area contributed by atoms with E-state index in [0.717, 1.165) is 18.2 Å². The highest BCUT2D eigenvalue weighted by atomic mass is 32.2. The molecule has 2 rings (SSSR count). The second-order valence-electron chi connectivity index (χ2n) is 4.30. The first-order valence-corrected chi connectivity index (χ1v) is 6.71. The number of nitrogens with two attached hydrogens (primary N) is 1. The molecular formula is C10H16N4O4S. The number of thioether (sulfide) groups is 1. The van der Waals surface area contributed by atoms with Gasteiger partial charge in [0.05, 0.1) is 18.9 Å². The summed E-state index contributed by atoms with van der Waals surface area (Å²) in [5.74, 6) is -0.755. The topological polar surface area (TPSA) is 112 Å². The summed E-state index contributed by atoms with van der Waals surface area (Å²) >= 11 is 1.08. The first kappa shape index (κ1) is 14.1. The molecule has 2 heterocycles. The van der Waals surface area contributed by atoms with Gasteiger partial charge in [-0.2, -0.15) is 0 Å². The summed E-state index contributed by atoms with van der Waals surface area (Å²) in [6.45, 7) is 1.56. The van der Waals surface area contributed by atoms with Crippen molar-refractivity contribution in [1.82, 2.24) is 14.8 Å². The molecule has 0 aliphatic carbocycles. The number of rotatable bonds is 6. The molecule has 106 valence electrons. The Hall–Kier alpha value is -1.32. The van der Waals surface area contributed by atoms with Crippen LogP contribution in [0.2, 0.25) is 0 Å². The molecule has 1 atom stereocenters. The van der Waals surface area contributed by atoms with E-state index in [1.807, 2.05) is 0 Å². The van der Waals surface area contributed by atoms with E-state index < -0.39 is 11.6 Å². The number of aromatic nitrogens is 3. The Morgan fingerprint density at radius 3 is 3.05 bits per heavy atom. The van der Waals surface area contributed by atoms with Crippen LogP contribution in [-0.2, 0) is 20.8 Å². The molecule has 1 aromatic heterocycles. The summed E-state index contributed by atoms with van der Waals surface area (Å²) in [5.41, 5.74) is 5.32. The fraction of sp³-hybridized carbons (Fsp3) is 0.700. The summed E-state index contributed by atoms with van der Waals surface area (Å²) in [6.07, 6.45) is 0.754. The number of nitrogens with zero attached hydrogens (tertiary/aromatic N) is 3. The highest BCUT2D eigenvalue weighted by Gasteiger charge is 2.36. The average molecular weight is 288 g/mol. The van der Waals surface area contributed by atoms with Crippen LogP contribution in [0.15, 0.2) is 5.16 Å². The van der Waals surface area contributed by atoms with E-state index in [-0.39, 0.29) is 11.7 Å². The molecular weight excluding hydrogens is 272 g/mol. The average Bonchev–Trinajstić information content (AvgIpc) is 2.97. The zero-order valence-electron chi connectivity index (χ0n) is 10.5. The van der Waals surface area contributed by atoms with E-state index in [4.69, 9.17) is 20.3 Å². The summed E-state index contributed by atoms with van der Waals surface area (Å²) in [4.78, 5) is 10.6. The second kappa shape index (κ2) is 5.76. The van der Waals surface area contributed by atoms with Crippen molar-refractivity contribution in [2.75, 3.05) is 31.8 Å². The van der Waals surface area contributed by atoms with Gasteiger partial charge in [-0.25, -0.2) is 0 Å². The Bertz CT molecular complexity index is 458. The minimum atomic E-state index is -0.913. The molecule has 0 saturated carbocycles. The predicted octanol–water partition coefficient (Wildman–Crippen LogP) is -0.158. The standard InChI is InChI=1S/C10H16N4O4S/c1-17-10(2-3-18-6-10)5-14-8(11)12-13-9(14)19-4-7(15)16/h2-6H2,1H3,(H2,11,12)(H,15,16). The van der Waals surface area contributed by atoms with Crippen molar-refractivity contribution in [2.24, 2.45) is 0 Å². The SMILES string of the molecule is COC1(Cn2c(N)nnc2SCC(=O)O)CCOC1. The van der Waals surface area contributed by atoms with Gasteiger partial charge in [-0.05, 0) is 0 Å². The van der Waals surface area contributed by atoms with Crippen molar-refractivity contribution in [3.63, 3.8) is 0 Å². The highest BCUT2D eigenvalue weighted by Crippen LogP contribution is 2.28. The van der Waals surface area contributed by atoms with Gasteiger partial charge in [-0.1, -0.05) is 11.8 Å². The lowest BCUT2D eigenvalue weighted by Gasteiger charge is -2.26. The molecule has 1 saturated heterocycles. The third kappa shape index (κ3) is 3.17. The van der Waals surface area contributed by atoms with Gasteiger partial charge < -0.3 is 20.3 Å². The minimum absolute atomic E-state index is 0.0887. The van der Waals surface area contributed by atoms with Crippen LogP contribution in [0.4, 0.5) is 5.95 Å². The largest absolute Gasteiger partial charge is 0.481 e. The van der Waals surface area contributed by atoms with Crippen LogP contribution in [0.1, 0.15) is 6.42 Å². The Labute approximate surface area is 114 Å². The van der Waals surface area contributed by atoms with Gasteiger partial charge in [0.25, 0.3) is 0 Å². The Balaban J connectivity index is 2.14. The van der Waals surface area contributed by atoms with Gasteiger partial charge in [0, 0.05) is 20.1 Å². The van der Waals surface area contributed by atoms with E-state index >= 15 is 0 Å². The van der Waals surface area contributed by atoms with Crippen molar-refractivity contribution >= 4 is 23.7 Å². The van der Waals surface area contributed by atoms with Crippen LogP contribution in [0.5, 0.6) is 0 Å². The molecule has 19 heavy (non-hydrogen) atoms. The summed E-state index contributed by atoms with van der Waals surface area (Å²) in [7, 11) is 1.62. The van der Waals surface area contributed by atoms with Gasteiger partial charge >= 0.3 is 5.97 Å².